The first-order valence-electron chi connectivity index (χ1n) is 7.21. The zero-order valence-corrected chi connectivity index (χ0v) is 13.2. The van der Waals surface area contributed by atoms with Crippen LogP contribution in [0.4, 0.5) is 13.2 Å². The Balaban J connectivity index is 2.21. The van der Waals surface area contributed by atoms with Crippen LogP contribution in [0.3, 0.4) is 0 Å². The molecule has 0 saturated carbocycles. The maximum Gasteiger partial charge on any atom is 0.421 e. The smallest absolute Gasteiger partial charge is 0.374 e. The average molecular weight is 332 g/mol. The molecule has 1 aliphatic rings. The summed E-state index contributed by atoms with van der Waals surface area (Å²) in [6.45, 7) is 6.93. The van der Waals surface area contributed by atoms with Gasteiger partial charge in [0.05, 0.1) is 12.7 Å². The van der Waals surface area contributed by atoms with Crippen molar-refractivity contribution < 1.29 is 22.7 Å². The number of hydrogen-bond acceptors (Lipinski definition) is 3. The van der Waals surface area contributed by atoms with Crippen molar-refractivity contribution in [3.63, 3.8) is 0 Å². The highest BCUT2D eigenvalue weighted by molar-refractivity contribution is 5.92. The third-order valence-corrected chi connectivity index (χ3v) is 3.76. The maximum atomic E-state index is 12.6. The first kappa shape index (κ1) is 17.5. The number of pyridine rings is 1. The first-order chi connectivity index (χ1) is 10.5. The van der Waals surface area contributed by atoms with E-state index in [0.717, 1.165) is 6.07 Å². The lowest BCUT2D eigenvalue weighted by molar-refractivity contribution is -0.138. The Morgan fingerprint density at radius 3 is 2.48 bits per heavy atom. The topological polar surface area (TPSA) is 62.4 Å². The van der Waals surface area contributed by atoms with Crippen molar-refractivity contribution in [3.05, 3.63) is 33.7 Å². The van der Waals surface area contributed by atoms with Crippen LogP contribution in [-0.4, -0.2) is 41.6 Å². The van der Waals surface area contributed by atoms with E-state index in [1.54, 1.807) is 0 Å². The number of nitrogens with zero attached hydrogens (tertiary/aromatic N) is 1. The number of alkyl halides is 3. The van der Waals surface area contributed by atoms with Crippen LogP contribution in [-0.2, 0) is 10.9 Å². The molecular weight excluding hydrogens is 313 g/mol. The Morgan fingerprint density at radius 1 is 1.30 bits per heavy atom. The normalized spacial score (nSPS) is 19.7. The molecule has 0 bridgehead atoms. The summed E-state index contributed by atoms with van der Waals surface area (Å²) >= 11 is 0. The summed E-state index contributed by atoms with van der Waals surface area (Å²) in [5.74, 6) is -0.506. The third-order valence-electron chi connectivity index (χ3n) is 3.76. The zero-order valence-electron chi connectivity index (χ0n) is 13.2. The van der Waals surface area contributed by atoms with Gasteiger partial charge in [-0.1, -0.05) is 20.8 Å². The summed E-state index contributed by atoms with van der Waals surface area (Å²) in [6, 6.07) is 1.63. The fraction of sp³-hybridized carbons (Fsp3) is 0.600. The van der Waals surface area contributed by atoms with Crippen molar-refractivity contribution in [3.8, 4) is 0 Å². The standard InChI is InChI=1S/C15H19F3N2O3/c1-14(2,3)11-8-20(6-7-23-11)13(22)10-5-4-9(12(21)19-10)15(16,17)18/h4-5,11H,6-8H2,1-3H3,(H,19,21). The summed E-state index contributed by atoms with van der Waals surface area (Å²) in [4.78, 5) is 27.4. The van der Waals surface area contributed by atoms with Crippen LogP contribution in [0.2, 0.25) is 0 Å². The van der Waals surface area contributed by atoms with Gasteiger partial charge in [-0.25, -0.2) is 0 Å². The van der Waals surface area contributed by atoms with Crippen molar-refractivity contribution in [1.29, 1.82) is 0 Å². The molecule has 1 aromatic heterocycles. The molecule has 0 aliphatic carbocycles. The summed E-state index contributed by atoms with van der Waals surface area (Å²) in [7, 11) is 0. The van der Waals surface area contributed by atoms with Crippen molar-refractivity contribution in [2.45, 2.75) is 33.1 Å². The Morgan fingerprint density at radius 2 is 1.96 bits per heavy atom. The molecule has 1 aromatic rings. The minimum absolute atomic E-state index is 0.155. The monoisotopic (exact) mass is 332 g/mol. The lowest BCUT2D eigenvalue weighted by Crippen LogP contribution is -2.50. The zero-order chi connectivity index (χ0) is 17.4. The number of rotatable bonds is 1. The van der Waals surface area contributed by atoms with Gasteiger partial charge < -0.3 is 14.6 Å². The largest absolute Gasteiger partial charge is 0.421 e. The predicted octanol–water partition coefficient (Wildman–Crippen LogP) is 2.28. The quantitative estimate of drug-likeness (QED) is 0.858. The first-order valence-corrected chi connectivity index (χ1v) is 7.21. The molecule has 2 heterocycles. The molecule has 0 radical (unpaired) electrons. The van der Waals surface area contributed by atoms with E-state index in [1.165, 1.54) is 4.90 Å². The maximum absolute atomic E-state index is 12.6. The van der Waals surface area contributed by atoms with Crippen molar-refractivity contribution >= 4 is 5.91 Å². The molecule has 1 saturated heterocycles. The van der Waals surface area contributed by atoms with Crippen LogP contribution in [0.25, 0.3) is 0 Å². The van der Waals surface area contributed by atoms with Gasteiger partial charge in [-0.2, -0.15) is 13.2 Å². The molecule has 1 atom stereocenters. The summed E-state index contributed by atoms with van der Waals surface area (Å²) < 4.78 is 43.4. The third kappa shape index (κ3) is 3.93. The highest BCUT2D eigenvalue weighted by atomic mass is 19.4. The minimum Gasteiger partial charge on any atom is -0.374 e. The lowest BCUT2D eigenvalue weighted by Gasteiger charge is -2.39. The number of halogens is 3. The van der Waals surface area contributed by atoms with Gasteiger partial charge in [-0.15, -0.1) is 0 Å². The fourth-order valence-electron chi connectivity index (χ4n) is 2.35. The van der Waals surface area contributed by atoms with E-state index in [4.69, 9.17) is 4.74 Å². The minimum atomic E-state index is -4.74. The molecule has 1 aliphatic heterocycles. The van der Waals surface area contributed by atoms with E-state index in [-0.39, 0.29) is 17.2 Å². The van der Waals surface area contributed by atoms with Crippen LogP contribution in [0, 0.1) is 5.41 Å². The Bertz CT molecular complexity index is 647. The second-order valence-electron chi connectivity index (χ2n) is 6.59. The van der Waals surface area contributed by atoms with Gasteiger partial charge in [-0.05, 0) is 17.5 Å². The summed E-state index contributed by atoms with van der Waals surface area (Å²) in [5, 5.41) is 0. The van der Waals surface area contributed by atoms with E-state index in [1.807, 2.05) is 25.8 Å². The second-order valence-corrected chi connectivity index (χ2v) is 6.59. The predicted molar refractivity (Wildman–Crippen MR) is 77.2 cm³/mol. The van der Waals surface area contributed by atoms with Gasteiger partial charge in [0.15, 0.2) is 0 Å². The van der Waals surface area contributed by atoms with Crippen LogP contribution >= 0.6 is 0 Å². The molecule has 0 aromatic carbocycles. The number of carbonyl (C=O) groups excluding carboxylic acids is 1. The Labute approximate surface area is 131 Å². The van der Waals surface area contributed by atoms with Crippen LogP contribution in [0.1, 0.15) is 36.8 Å². The highest BCUT2D eigenvalue weighted by Crippen LogP contribution is 2.27. The average Bonchev–Trinajstić information content (AvgIpc) is 2.44. The molecule has 2 rings (SSSR count). The Kier molecular flexibility index (Phi) is 4.57. The van der Waals surface area contributed by atoms with Gasteiger partial charge in [0.25, 0.3) is 11.5 Å². The van der Waals surface area contributed by atoms with Crippen LogP contribution in [0.5, 0.6) is 0 Å². The van der Waals surface area contributed by atoms with E-state index in [2.05, 4.69) is 0 Å². The molecule has 1 fully saturated rings. The Hall–Kier alpha value is -1.83. The fourth-order valence-corrected chi connectivity index (χ4v) is 2.35. The number of ether oxygens (including phenoxy) is 1. The lowest BCUT2D eigenvalue weighted by atomic mass is 9.88. The molecule has 0 spiro atoms. The number of amides is 1. The number of morpholine rings is 1. The number of aromatic nitrogens is 1. The molecule has 128 valence electrons. The van der Waals surface area contributed by atoms with Gasteiger partial charge in [0, 0.05) is 13.1 Å². The van der Waals surface area contributed by atoms with Gasteiger partial charge in [-0.3, -0.25) is 9.59 Å². The number of aromatic amines is 1. The molecule has 1 unspecified atom stereocenters. The van der Waals surface area contributed by atoms with E-state index in [9.17, 15) is 22.8 Å². The number of H-pyrrole nitrogens is 1. The molecular formula is C15H19F3N2O3. The number of hydrogen-bond donors (Lipinski definition) is 1. The van der Waals surface area contributed by atoms with Gasteiger partial charge in [0.1, 0.15) is 11.3 Å². The van der Waals surface area contributed by atoms with Crippen molar-refractivity contribution in [2.24, 2.45) is 5.41 Å². The molecule has 1 amide bonds. The second kappa shape index (κ2) is 5.99. The van der Waals surface area contributed by atoms with E-state index in [0.29, 0.717) is 25.8 Å². The summed E-state index contributed by atoms with van der Waals surface area (Å²) in [6.07, 6.45) is -4.92. The SMILES string of the molecule is CC(C)(C)C1CN(C(=O)c2ccc(C(F)(F)F)c(=O)[nH]2)CCO1. The summed E-state index contributed by atoms with van der Waals surface area (Å²) in [5.41, 5.74) is -2.96. The van der Waals surface area contributed by atoms with E-state index >= 15 is 0 Å². The molecule has 1 N–H and O–H groups in total. The molecule has 5 nitrogen and oxygen atoms in total. The van der Waals surface area contributed by atoms with Crippen LogP contribution in [0.15, 0.2) is 16.9 Å². The van der Waals surface area contributed by atoms with Gasteiger partial charge in [0.2, 0.25) is 0 Å². The number of carbonyl (C=O) groups is 1. The molecule has 23 heavy (non-hydrogen) atoms. The highest BCUT2D eigenvalue weighted by Gasteiger charge is 2.35. The van der Waals surface area contributed by atoms with Crippen LogP contribution < -0.4 is 5.56 Å². The van der Waals surface area contributed by atoms with Crippen molar-refractivity contribution in [1.82, 2.24) is 9.88 Å². The molecule has 8 heteroatoms. The van der Waals surface area contributed by atoms with Crippen molar-refractivity contribution in [2.75, 3.05) is 19.7 Å². The van der Waals surface area contributed by atoms with E-state index < -0.39 is 23.2 Å². The van der Waals surface area contributed by atoms with Gasteiger partial charge >= 0.3 is 6.18 Å². The number of nitrogens with one attached hydrogen (secondary N) is 1.